The number of carbonyl (C=O) groups excluding carboxylic acids is 1. The Bertz CT molecular complexity index is 928. The third kappa shape index (κ3) is 4.02. The number of carbonyl (C=O) groups is 1. The van der Waals surface area contributed by atoms with E-state index in [1.807, 2.05) is 44.6 Å². The fourth-order valence-electron chi connectivity index (χ4n) is 3.61. The summed E-state index contributed by atoms with van der Waals surface area (Å²) in [4.78, 5) is 15.1. The maximum Gasteiger partial charge on any atom is 0.245 e. The average Bonchev–Trinajstić information content (AvgIpc) is 3.02. The molecular formula is C19H28N4O3S. The van der Waals surface area contributed by atoms with E-state index in [-0.39, 0.29) is 0 Å². The molecule has 8 heteroatoms. The van der Waals surface area contributed by atoms with Crippen LogP contribution in [-0.2, 0) is 21.2 Å². The van der Waals surface area contributed by atoms with Crippen LogP contribution in [0.1, 0.15) is 12.8 Å². The van der Waals surface area contributed by atoms with Crippen molar-refractivity contribution in [2.24, 2.45) is 0 Å². The van der Waals surface area contributed by atoms with Gasteiger partial charge in [-0.3, -0.25) is 4.79 Å². The number of anilines is 1. The first-order chi connectivity index (χ1) is 12.7. The normalized spacial score (nSPS) is 17.3. The number of nitrogens with zero attached hydrogens (tertiary/aromatic N) is 2. The van der Waals surface area contributed by atoms with Crippen LogP contribution in [0.5, 0.6) is 0 Å². The molecule has 148 valence electrons. The highest BCUT2D eigenvalue weighted by Gasteiger charge is 2.48. The van der Waals surface area contributed by atoms with Crippen LogP contribution in [-0.4, -0.2) is 68.5 Å². The summed E-state index contributed by atoms with van der Waals surface area (Å²) in [6.45, 7) is 2.79. The summed E-state index contributed by atoms with van der Waals surface area (Å²) in [5.74, 6) is -0.433. The first-order valence-electron chi connectivity index (χ1n) is 9.18. The summed E-state index contributed by atoms with van der Waals surface area (Å²) in [5, 5.41) is 7.08. The van der Waals surface area contributed by atoms with Crippen molar-refractivity contribution in [3.8, 4) is 0 Å². The molecule has 1 aromatic carbocycles. The third-order valence-corrected chi connectivity index (χ3v) is 7.37. The van der Waals surface area contributed by atoms with Crippen molar-refractivity contribution in [3.05, 3.63) is 30.5 Å². The number of benzene rings is 1. The molecule has 2 N–H and O–H groups in total. The highest BCUT2D eigenvalue weighted by molar-refractivity contribution is 7.92. The monoisotopic (exact) mass is 392 g/mol. The number of piperidine rings is 1. The van der Waals surface area contributed by atoms with Gasteiger partial charge in [-0.1, -0.05) is 6.07 Å². The van der Waals surface area contributed by atoms with E-state index in [0.717, 1.165) is 30.2 Å². The lowest BCUT2D eigenvalue weighted by Gasteiger charge is -2.34. The Labute approximate surface area is 160 Å². The number of sulfone groups is 1. The zero-order valence-corrected chi connectivity index (χ0v) is 17.0. The molecule has 0 atom stereocenters. The fraction of sp³-hybridized carbons (Fsp3) is 0.526. The van der Waals surface area contributed by atoms with Gasteiger partial charge in [0.25, 0.3) is 0 Å². The van der Waals surface area contributed by atoms with Crippen LogP contribution in [0.2, 0.25) is 0 Å². The lowest BCUT2D eigenvalue weighted by Crippen LogP contribution is -2.55. The van der Waals surface area contributed by atoms with Crippen molar-refractivity contribution in [2.45, 2.75) is 24.1 Å². The van der Waals surface area contributed by atoms with Crippen molar-refractivity contribution in [1.82, 2.24) is 14.8 Å². The molecule has 1 aliphatic rings. The van der Waals surface area contributed by atoms with Gasteiger partial charge < -0.3 is 20.1 Å². The number of hydrogen-bond donors (Lipinski definition) is 2. The Morgan fingerprint density at radius 3 is 2.59 bits per heavy atom. The molecule has 7 nitrogen and oxygen atoms in total. The number of hydrogen-bond acceptors (Lipinski definition) is 5. The second-order valence-corrected chi connectivity index (χ2v) is 9.88. The zero-order chi connectivity index (χ0) is 19.7. The molecule has 1 saturated heterocycles. The Balaban J connectivity index is 1.87. The third-order valence-electron chi connectivity index (χ3n) is 5.35. The topological polar surface area (TPSA) is 83.4 Å². The Kier molecular flexibility index (Phi) is 5.60. The number of aromatic nitrogens is 1. The molecule has 0 spiro atoms. The Morgan fingerprint density at radius 2 is 1.96 bits per heavy atom. The van der Waals surface area contributed by atoms with Gasteiger partial charge in [0.05, 0.1) is 5.52 Å². The van der Waals surface area contributed by atoms with E-state index in [1.54, 1.807) is 0 Å². The SMILES string of the molecule is CN(C)CCn1ccc2ccc(NC(=O)C3(S(C)(=O)=O)CCNCC3)cc21. The van der Waals surface area contributed by atoms with E-state index in [4.69, 9.17) is 0 Å². The highest BCUT2D eigenvalue weighted by atomic mass is 32.2. The molecule has 0 unspecified atom stereocenters. The largest absolute Gasteiger partial charge is 0.346 e. The van der Waals surface area contributed by atoms with Crippen LogP contribution in [0, 0.1) is 0 Å². The molecule has 0 saturated carbocycles. The predicted octanol–water partition coefficient (Wildman–Crippen LogP) is 1.31. The van der Waals surface area contributed by atoms with Gasteiger partial charge in [0, 0.05) is 31.2 Å². The first-order valence-corrected chi connectivity index (χ1v) is 11.1. The minimum absolute atomic E-state index is 0.291. The molecule has 1 aliphatic heterocycles. The van der Waals surface area contributed by atoms with E-state index in [9.17, 15) is 13.2 Å². The lowest BCUT2D eigenvalue weighted by molar-refractivity contribution is -0.119. The van der Waals surface area contributed by atoms with Crippen molar-refractivity contribution in [3.63, 3.8) is 0 Å². The summed E-state index contributed by atoms with van der Waals surface area (Å²) >= 11 is 0. The molecule has 2 heterocycles. The number of nitrogens with one attached hydrogen (secondary N) is 2. The smallest absolute Gasteiger partial charge is 0.245 e. The summed E-state index contributed by atoms with van der Waals surface area (Å²) in [7, 11) is 0.530. The minimum Gasteiger partial charge on any atom is -0.346 e. The van der Waals surface area contributed by atoms with Gasteiger partial charge in [-0.2, -0.15) is 0 Å². The Morgan fingerprint density at radius 1 is 1.26 bits per heavy atom. The van der Waals surface area contributed by atoms with Crippen LogP contribution in [0.25, 0.3) is 10.9 Å². The molecular weight excluding hydrogens is 364 g/mol. The van der Waals surface area contributed by atoms with Crippen molar-refractivity contribution >= 4 is 32.3 Å². The Hall–Kier alpha value is -1.90. The second-order valence-electron chi connectivity index (χ2n) is 7.56. The van der Waals surface area contributed by atoms with Crippen LogP contribution in [0.15, 0.2) is 30.5 Å². The minimum atomic E-state index is -3.53. The molecule has 27 heavy (non-hydrogen) atoms. The van der Waals surface area contributed by atoms with Gasteiger partial charge in [0.1, 0.15) is 0 Å². The summed E-state index contributed by atoms with van der Waals surface area (Å²) in [6.07, 6.45) is 3.77. The number of fused-ring (bicyclic) bond motifs is 1. The first kappa shape index (κ1) is 19.9. The molecule has 3 rings (SSSR count). The van der Waals surface area contributed by atoms with Crippen LogP contribution in [0.4, 0.5) is 5.69 Å². The van der Waals surface area contributed by atoms with Crippen molar-refractivity contribution < 1.29 is 13.2 Å². The molecule has 1 fully saturated rings. The quantitative estimate of drug-likeness (QED) is 0.774. The van der Waals surface area contributed by atoms with Crippen molar-refractivity contribution in [1.29, 1.82) is 0 Å². The van der Waals surface area contributed by atoms with Crippen LogP contribution >= 0.6 is 0 Å². The second kappa shape index (κ2) is 7.61. The van der Waals surface area contributed by atoms with Gasteiger partial charge in [0.2, 0.25) is 5.91 Å². The number of amides is 1. The van der Waals surface area contributed by atoms with Gasteiger partial charge >= 0.3 is 0 Å². The zero-order valence-electron chi connectivity index (χ0n) is 16.2. The van der Waals surface area contributed by atoms with Gasteiger partial charge in [0.15, 0.2) is 14.6 Å². The maximum absolute atomic E-state index is 13.0. The van der Waals surface area contributed by atoms with E-state index in [2.05, 4.69) is 20.1 Å². The predicted molar refractivity (Wildman–Crippen MR) is 109 cm³/mol. The average molecular weight is 393 g/mol. The number of rotatable bonds is 6. The molecule has 1 aromatic heterocycles. The standard InChI is InChI=1S/C19H28N4O3S/c1-22(2)12-13-23-11-6-15-4-5-16(14-17(15)23)21-18(24)19(27(3,25)26)7-9-20-10-8-19/h4-6,11,14,20H,7-10,12-13H2,1-3H3,(H,21,24). The van der Waals surface area contributed by atoms with Crippen LogP contribution < -0.4 is 10.6 Å². The van der Waals surface area contributed by atoms with Gasteiger partial charge in [-0.05, 0) is 63.6 Å². The molecule has 1 amide bonds. The summed E-state index contributed by atoms with van der Waals surface area (Å²) in [6, 6.07) is 7.74. The van der Waals surface area contributed by atoms with E-state index in [0.29, 0.717) is 31.6 Å². The highest BCUT2D eigenvalue weighted by Crippen LogP contribution is 2.30. The van der Waals surface area contributed by atoms with Gasteiger partial charge in [-0.15, -0.1) is 0 Å². The van der Waals surface area contributed by atoms with E-state index >= 15 is 0 Å². The number of likely N-dealkylation sites (N-methyl/N-ethyl adjacent to an activating group) is 1. The molecule has 0 radical (unpaired) electrons. The van der Waals surface area contributed by atoms with Crippen molar-refractivity contribution in [2.75, 3.05) is 45.3 Å². The van der Waals surface area contributed by atoms with Gasteiger partial charge in [-0.25, -0.2) is 8.42 Å². The molecule has 0 aliphatic carbocycles. The fourth-order valence-corrected chi connectivity index (χ4v) is 4.94. The van der Waals surface area contributed by atoms with E-state index in [1.165, 1.54) is 0 Å². The molecule has 2 aromatic rings. The summed E-state index contributed by atoms with van der Waals surface area (Å²) in [5.41, 5.74) is 1.65. The molecule has 0 bridgehead atoms. The van der Waals surface area contributed by atoms with E-state index < -0.39 is 20.5 Å². The maximum atomic E-state index is 13.0. The lowest BCUT2D eigenvalue weighted by atomic mass is 9.95. The summed E-state index contributed by atoms with van der Waals surface area (Å²) < 4.78 is 25.6. The van der Waals surface area contributed by atoms with Crippen LogP contribution in [0.3, 0.4) is 0 Å².